The maximum atomic E-state index is 11.4. The smallest absolute Gasteiger partial charge is 0.221 e. The highest BCUT2D eigenvalue weighted by molar-refractivity contribution is 5.76. The molecule has 0 aromatic carbocycles. The zero-order chi connectivity index (χ0) is 11.4. The van der Waals surface area contributed by atoms with Crippen molar-refractivity contribution in [2.75, 3.05) is 26.7 Å². The molecule has 16 heavy (non-hydrogen) atoms. The Morgan fingerprint density at radius 3 is 2.81 bits per heavy atom. The first-order valence-corrected chi connectivity index (χ1v) is 6.45. The maximum Gasteiger partial charge on any atom is 0.221 e. The fourth-order valence-corrected chi connectivity index (χ4v) is 2.25. The minimum atomic E-state index is 0.208. The van der Waals surface area contributed by atoms with Gasteiger partial charge in [-0.3, -0.25) is 4.79 Å². The second-order valence-corrected chi connectivity index (χ2v) is 5.15. The van der Waals surface area contributed by atoms with Crippen LogP contribution in [0.1, 0.15) is 32.1 Å². The molecule has 1 aliphatic carbocycles. The summed E-state index contributed by atoms with van der Waals surface area (Å²) in [5.74, 6) is 0.208. The first kappa shape index (κ1) is 11.9. The van der Waals surface area contributed by atoms with Gasteiger partial charge >= 0.3 is 0 Å². The van der Waals surface area contributed by atoms with Gasteiger partial charge in [0.15, 0.2) is 0 Å². The molecule has 0 bridgehead atoms. The van der Waals surface area contributed by atoms with E-state index in [0.717, 1.165) is 13.1 Å². The van der Waals surface area contributed by atoms with E-state index in [2.05, 4.69) is 22.6 Å². The predicted molar refractivity (Wildman–Crippen MR) is 64.3 cm³/mol. The van der Waals surface area contributed by atoms with Gasteiger partial charge in [0, 0.05) is 31.6 Å². The van der Waals surface area contributed by atoms with Crippen molar-refractivity contribution in [2.45, 2.75) is 44.2 Å². The Bertz CT molecular complexity index is 240. The lowest BCUT2D eigenvalue weighted by atomic mass is 10.1. The Kier molecular flexibility index (Phi) is 4.18. The second-order valence-electron chi connectivity index (χ2n) is 5.15. The molecule has 2 fully saturated rings. The van der Waals surface area contributed by atoms with Crippen molar-refractivity contribution >= 4 is 5.91 Å². The van der Waals surface area contributed by atoms with Crippen molar-refractivity contribution in [3.63, 3.8) is 0 Å². The molecule has 1 atom stereocenters. The topological polar surface area (TPSA) is 44.4 Å². The van der Waals surface area contributed by atoms with Crippen molar-refractivity contribution in [1.29, 1.82) is 0 Å². The summed E-state index contributed by atoms with van der Waals surface area (Å²) in [6.07, 6.45) is 5.48. The van der Waals surface area contributed by atoms with Gasteiger partial charge in [0.05, 0.1) is 0 Å². The lowest BCUT2D eigenvalue weighted by molar-refractivity contribution is -0.121. The largest absolute Gasteiger partial charge is 0.353 e. The minimum Gasteiger partial charge on any atom is -0.353 e. The quantitative estimate of drug-likeness (QED) is 0.709. The molecule has 0 spiro atoms. The zero-order valence-electron chi connectivity index (χ0n) is 10.2. The summed E-state index contributed by atoms with van der Waals surface area (Å²) < 4.78 is 0. The molecule has 0 aromatic heterocycles. The first-order chi connectivity index (χ1) is 7.74. The van der Waals surface area contributed by atoms with E-state index in [1.807, 2.05) is 0 Å². The van der Waals surface area contributed by atoms with Crippen molar-refractivity contribution in [1.82, 2.24) is 15.5 Å². The van der Waals surface area contributed by atoms with E-state index in [9.17, 15) is 4.79 Å². The normalized spacial score (nSPS) is 26.7. The summed E-state index contributed by atoms with van der Waals surface area (Å²) in [5, 5.41) is 6.49. The van der Waals surface area contributed by atoms with Crippen LogP contribution < -0.4 is 10.6 Å². The number of carbonyl (C=O) groups excluding carboxylic acids is 1. The van der Waals surface area contributed by atoms with E-state index in [1.54, 1.807) is 0 Å². The third kappa shape index (κ3) is 4.10. The van der Waals surface area contributed by atoms with Gasteiger partial charge in [0.25, 0.3) is 0 Å². The van der Waals surface area contributed by atoms with Crippen LogP contribution in [-0.2, 0) is 4.79 Å². The maximum absolute atomic E-state index is 11.4. The fraction of sp³-hybridized carbons (Fsp3) is 0.917. The molecular formula is C12H23N3O. The number of rotatable bonds is 5. The summed E-state index contributed by atoms with van der Waals surface area (Å²) in [7, 11) is 2.16. The van der Waals surface area contributed by atoms with Gasteiger partial charge in [-0.05, 0) is 39.3 Å². The van der Waals surface area contributed by atoms with Crippen LogP contribution in [0.2, 0.25) is 0 Å². The van der Waals surface area contributed by atoms with Gasteiger partial charge in [0.2, 0.25) is 5.91 Å². The van der Waals surface area contributed by atoms with E-state index in [4.69, 9.17) is 0 Å². The summed E-state index contributed by atoms with van der Waals surface area (Å²) in [6.45, 7) is 3.14. The third-order valence-corrected chi connectivity index (χ3v) is 3.35. The Morgan fingerprint density at radius 2 is 2.12 bits per heavy atom. The highest BCUT2D eigenvalue weighted by Crippen LogP contribution is 2.18. The van der Waals surface area contributed by atoms with Crippen LogP contribution in [0.5, 0.6) is 0 Å². The number of hydrogen-bond donors (Lipinski definition) is 2. The molecule has 2 rings (SSSR count). The number of likely N-dealkylation sites (N-methyl/N-ethyl adjacent to an activating group) is 1. The fourth-order valence-electron chi connectivity index (χ4n) is 2.25. The van der Waals surface area contributed by atoms with E-state index < -0.39 is 0 Å². The molecule has 1 aliphatic heterocycles. The van der Waals surface area contributed by atoms with E-state index in [-0.39, 0.29) is 5.91 Å². The van der Waals surface area contributed by atoms with Crippen LogP contribution in [0.3, 0.4) is 0 Å². The molecule has 92 valence electrons. The highest BCUT2D eigenvalue weighted by atomic mass is 16.1. The number of likely N-dealkylation sites (tertiary alicyclic amines) is 1. The number of amides is 1. The Hall–Kier alpha value is -0.610. The standard InChI is InChI=1S/C12H23N3O/c1-15-8-2-3-11(9-15)13-7-6-12(16)14-10-4-5-10/h10-11,13H,2-9H2,1H3,(H,14,16). The minimum absolute atomic E-state index is 0.208. The molecular weight excluding hydrogens is 202 g/mol. The molecule has 0 radical (unpaired) electrons. The number of nitrogens with zero attached hydrogens (tertiary/aromatic N) is 1. The van der Waals surface area contributed by atoms with Gasteiger partial charge in [-0.2, -0.15) is 0 Å². The van der Waals surface area contributed by atoms with Gasteiger partial charge in [-0.25, -0.2) is 0 Å². The molecule has 1 unspecified atom stereocenters. The molecule has 0 aromatic rings. The van der Waals surface area contributed by atoms with Crippen molar-refractivity contribution in [2.24, 2.45) is 0 Å². The van der Waals surface area contributed by atoms with Crippen LogP contribution in [0, 0.1) is 0 Å². The Balaban J connectivity index is 1.54. The molecule has 1 saturated carbocycles. The zero-order valence-corrected chi connectivity index (χ0v) is 10.2. The highest BCUT2D eigenvalue weighted by Gasteiger charge is 2.23. The number of nitrogens with one attached hydrogen (secondary N) is 2. The van der Waals surface area contributed by atoms with Crippen molar-refractivity contribution in [3.05, 3.63) is 0 Å². The summed E-state index contributed by atoms with van der Waals surface area (Å²) >= 11 is 0. The Morgan fingerprint density at radius 1 is 1.31 bits per heavy atom. The van der Waals surface area contributed by atoms with Crippen LogP contribution in [-0.4, -0.2) is 49.6 Å². The van der Waals surface area contributed by atoms with E-state index in [1.165, 1.54) is 32.2 Å². The third-order valence-electron chi connectivity index (χ3n) is 3.35. The number of hydrogen-bond acceptors (Lipinski definition) is 3. The van der Waals surface area contributed by atoms with E-state index >= 15 is 0 Å². The lowest BCUT2D eigenvalue weighted by Crippen LogP contribution is -2.44. The summed E-state index contributed by atoms with van der Waals surface area (Å²) in [4.78, 5) is 13.8. The molecule has 1 heterocycles. The second kappa shape index (κ2) is 5.64. The molecule has 1 saturated heterocycles. The van der Waals surface area contributed by atoms with Gasteiger partial charge in [-0.1, -0.05) is 0 Å². The van der Waals surface area contributed by atoms with Crippen molar-refractivity contribution < 1.29 is 4.79 Å². The monoisotopic (exact) mass is 225 g/mol. The number of piperidine rings is 1. The average molecular weight is 225 g/mol. The predicted octanol–water partition coefficient (Wildman–Crippen LogP) is 0.339. The first-order valence-electron chi connectivity index (χ1n) is 6.45. The molecule has 4 heteroatoms. The van der Waals surface area contributed by atoms with Crippen LogP contribution in [0.25, 0.3) is 0 Å². The van der Waals surface area contributed by atoms with Crippen LogP contribution >= 0.6 is 0 Å². The SMILES string of the molecule is CN1CCCC(NCCC(=O)NC2CC2)C1. The number of carbonyl (C=O) groups is 1. The van der Waals surface area contributed by atoms with Crippen LogP contribution in [0.4, 0.5) is 0 Å². The molecule has 4 nitrogen and oxygen atoms in total. The average Bonchev–Trinajstić information content (AvgIpc) is 3.02. The Labute approximate surface area is 97.8 Å². The van der Waals surface area contributed by atoms with E-state index in [0.29, 0.717) is 18.5 Å². The molecule has 2 N–H and O–H groups in total. The molecule has 2 aliphatic rings. The summed E-state index contributed by atoms with van der Waals surface area (Å²) in [6, 6.07) is 1.07. The van der Waals surface area contributed by atoms with Gasteiger partial charge in [-0.15, -0.1) is 0 Å². The van der Waals surface area contributed by atoms with Crippen molar-refractivity contribution in [3.8, 4) is 0 Å². The van der Waals surface area contributed by atoms with Gasteiger partial charge in [0.1, 0.15) is 0 Å². The van der Waals surface area contributed by atoms with Crippen LogP contribution in [0.15, 0.2) is 0 Å². The van der Waals surface area contributed by atoms with Gasteiger partial charge < -0.3 is 15.5 Å². The summed E-state index contributed by atoms with van der Waals surface area (Å²) in [5.41, 5.74) is 0. The molecule has 1 amide bonds. The lowest BCUT2D eigenvalue weighted by Gasteiger charge is -2.30.